The van der Waals surface area contributed by atoms with Crippen molar-refractivity contribution in [3.8, 4) is 22.6 Å². The number of hydrogen-bond donors (Lipinski definition) is 1. The van der Waals surface area contributed by atoms with Crippen LogP contribution < -0.4 is 5.32 Å². The number of benzene rings is 3. The van der Waals surface area contributed by atoms with Gasteiger partial charge in [0.05, 0.1) is 17.0 Å². The predicted molar refractivity (Wildman–Crippen MR) is 138 cm³/mol. The Morgan fingerprint density at radius 2 is 1.71 bits per heavy atom. The van der Waals surface area contributed by atoms with Crippen molar-refractivity contribution in [2.24, 2.45) is 0 Å². The Balaban J connectivity index is 1.45. The van der Waals surface area contributed by atoms with Crippen molar-refractivity contribution < 1.29 is 9.18 Å². The maximum atomic E-state index is 13.1. The lowest BCUT2D eigenvalue weighted by atomic mass is 10.0. The van der Waals surface area contributed by atoms with Gasteiger partial charge < -0.3 is 9.88 Å². The Hall–Kier alpha value is -4.04. The molecule has 0 saturated carbocycles. The predicted octanol–water partition coefficient (Wildman–Crippen LogP) is 6.05. The van der Waals surface area contributed by atoms with E-state index in [0.29, 0.717) is 17.4 Å². The molecule has 3 aromatic carbocycles. The number of para-hydroxylation sites is 1. The summed E-state index contributed by atoms with van der Waals surface area (Å²) in [6.45, 7) is 2.67. The molecule has 5 rings (SSSR count). The van der Waals surface area contributed by atoms with Crippen LogP contribution >= 0.6 is 11.8 Å². The summed E-state index contributed by atoms with van der Waals surface area (Å²) in [6.07, 6.45) is 0. The minimum atomic E-state index is -0.347. The number of amides is 1. The third kappa shape index (κ3) is 4.93. The molecule has 0 aliphatic heterocycles. The number of anilines is 1. The van der Waals surface area contributed by atoms with Crippen molar-refractivity contribution in [2.45, 2.75) is 18.6 Å². The molecule has 0 aliphatic rings. The Morgan fingerprint density at radius 1 is 0.971 bits per heavy atom. The molecule has 1 amide bonds. The smallest absolute Gasteiger partial charge is 0.234 e. The van der Waals surface area contributed by atoms with Crippen LogP contribution in [-0.4, -0.2) is 31.4 Å². The van der Waals surface area contributed by atoms with Crippen LogP contribution in [0.5, 0.6) is 0 Å². The summed E-state index contributed by atoms with van der Waals surface area (Å²) >= 11 is 1.31. The van der Waals surface area contributed by atoms with Gasteiger partial charge >= 0.3 is 0 Å². The van der Waals surface area contributed by atoms with Crippen molar-refractivity contribution in [1.82, 2.24) is 19.7 Å². The molecule has 0 fully saturated rings. The first-order valence-electron chi connectivity index (χ1n) is 11.2. The molecular weight excluding hydrogens is 461 g/mol. The fraction of sp³-hybridized carbons (Fsp3) is 0.111. The van der Waals surface area contributed by atoms with Crippen LogP contribution in [-0.2, 0) is 11.3 Å². The number of carbonyl (C=O) groups is 1. The van der Waals surface area contributed by atoms with E-state index in [9.17, 15) is 9.18 Å². The van der Waals surface area contributed by atoms with Crippen molar-refractivity contribution in [3.63, 3.8) is 0 Å². The molecule has 2 aromatic heterocycles. The summed E-state index contributed by atoms with van der Waals surface area (Å²) in [7, 11) is 0. The van der Waals surface area contributed by atoms with E-state index in [1.54, 1.807) is 0 Å². The fourth-order valence-electron chi connectivity index (χ4n) is 3.86. The number of halogens is 1. The van der Waals surface area contributed by atoms with Crippen molar-refractivity contribution in [1.29, 1.82) is 0 Å². The van der Waals surface area contributed by atoms with Crippen LogP contribution in [0.2, 0.25) is 0 Å². The van der Waals surface area contributed by atoms with E-state index in [4.69, 9.17) is 4.98 Å². The molecule has 0 bridgehead atoms. The van der Waals surface area contributed by atoms with Gasteiger partial charge in [-0.15, -0.1) is 10.2 Å². The third-order valence-corrected chi connectivity index (χ3v) is 6.49. The Bertz CT molecular complexity index is 1490. The number of thioether (sulfide) groups is 1. The summed E-state index contributed by atoms with van der Waals surface area (Å²) in [6, 6.07) is 25.7. The van der Waals surface area contributed by atoms with Crippen LogP contribution in [0.1, 0.15) is 6.92 Å². The molecule has 35 heavy (non-hydrogen) atoms. The SMILES string of the molecule is CCn1c(SCC(=O)Nc2ccc(F)cc2)nnc1-c1cc(-c2ccccc2)nc2ccccc12. The van der Waals surface area contributed by atoms with E-state index in [2.05, 4.69) is 15.5 Å². The van der Waals surface area contributed by atoms with Crippen LogP contribution in [0.15, 0.2) is 90.1 Å². The second-order valence-electron chi connectivity index (χ2n) is 7.83. The highest BCUT2D eigenvalue weighted by atomic mass is 32.2. The van der Waals surface area contributed by atoms with E-state index in [0.717, 1.165) is 33.5 Å². The number of hydrogen-bond acceptors (Lipinski definition) is 5. The number of rotatable bonds is 7. The van der Waals surface area contributed by atoms with Crippen molar-refractivity contribution >= 4 is 34.3 Å². The van der Waals surface area contributed by atoms with E-state index in [-0.39, 0.29) is 17.5 Å². The zero-order chi connectivity index (χ0) is 24.2. The first-order valence-corrected chi connectivity index (χ1v) is 12.2. The minimum absolute atomic E-state index is 0.155. The average molecular weight is 484 g/mol. The number of nitrogens with zero attached hydrogens (tertiary/aromatic N) is 4. The monoisotopic (exact) mass is 483 g/mol. The molecule has 174 valence electrons. The van der Waals surface area contributed by atoms with E-state index >= 15 is 0 Å². The van der Waals surface area contributed by atoms with E-state index in [1.165, 1.54) is 36.0 Å². The molecule has 1 N–H and O–H groups in total. The van der Waals surface area contributed by atoms with Crippen LogP contribution in [0.4, 0.5) is 10.1 Å². The second-order valence-corrected chi connectivity index (χ2v) is 8.77. The molecule has 0 radical (unpaired) electrons. The molecule has 2 heterocycles. The zero-order valence-corrected chi connectivity index (χ0v) is 19.8. The maximum Gasteiger partial charge on any atom is 0.234 e. The quantitative estimate of drug-likeness (QED) is 0.285. The molecule has 8 heteroatoms. The first kappa shape index (κ1) is 22.7. The molecule has 5 aromatic rings. The van der Waals surface area contributed by atoms with E-state index in [1.807, 2.05) is 72.2 Å². The Labute approximate surface area is 206 Å². The molecular formula is C27H22FN5OS. The average Bonchev–Trinajstić information content (AvgIpc) is 3.31. The van der Waals surface area contributed by atoms with Crippen LogP contribution in [0.25, 0.3) is 33.5 Å². The third-order valence-electron chi connectivity index (χ3n) is 5.52. The van der Waals surface area contributed by atoms with Gasteiger partial charge in [-0.05, 0) is 43.3 Å². The summed E-state index contributed by atoms with van der Waals surface area (Å²) in [4.78, 5) is 17.3. The maximum absolute atomic E-state index is 13.1. The lowest BCUT2D eigenvalue weighted by Gasteiger charge is -2.12. The Morgan fingerprint density at radius 3 is 2.49 bits per heavy atom. The number of nitrogens with one attached hydrogen (secondary N) is 1. The fourth-order valence-corrected chi connectivity index (χ4v) is 4.66. The summed E-state index contributed by atoms with van der Waals surface area (Å²) < 4.78 is 15.1. The molecule has 0 atom stereocenters. The minimum Gasteiger partial charge on any atom is -0.325 e. The van der Waals surface area contributed by atoms with Gasteiger partial charge in [-0.3, -0.25) is 4.79 Å². The number of fused-ring (bicyclic) bond motifs is 1. The number of pyridine rings is 1. The van der Waals surface area contributed by atoms with Gasteiger partial charge in [-0.1, -0.05) is 60.3 Å². The van der Waals surface area contributed by atoms with Gasteiger partial charge in [0.1, 0.15) is 5.82 Å². The van der Waals surface area contributed by atoms with Crippen LogP contribution in [0, 0.1) is 5.82 Å². The highest BCUT2D eigenvalue weighted by molar-refractivity contribution is 7.99. The highest BCUT2D eigenvalue weighted by Crippen LogP contribution is 2.33. The van der Waals surface area contributed by atoms with Crippen molar-refractivity contribution in [2.75, 3.05) is 11.1 Å². The first-order chi connectivity index (χ1) is 17.1. The Kier molecular flexibility index (Phi) is 6.54. The molecule has 0 saturated heterocycles. The normalized spacial score (nSPS) is 11.0. The molecule has 0 spiro atoms. The van der Waals surface area contributed by atoms with E-state index < -0.39 is 0 Å². The van der Waals surface area contributed by atoms with Gasteiger partial charge in [0, 0.05) is 28.7 Å². The zero-order valence-electron chi connectivity index (χ0n) is 19.0. The standard InChI is InChI=1S/C27H22FN5OS/c1-2-33-26(31-32-27(33)35-17-25(34)29-20-14-12-19(28)13-15-20)22-16-24(18-8-4-3-5-9-18)30-23-11-7-6-10-21(22)23/h3-16H,2,17H2,1H3,(H,29,34). The summed E-state index contributed by atoms with van der Waals surface area (Å²) in [5, 5.41) is 13.3. The number of aromatic nitrogens is 4. The van der Waals surface area contributed by atoms with Gasteiger partial charge in [-0.2, -0.15) is 0 Å². The largest absolute Gasteiger partial charge is 0.325 e. The number of carbonyl (C=O) groups excluding carboxylic acids is 1. The molecule has 0 aliphatic carbocycles. The van der Waals surface area contributed by atoms with Gasteiger partial charge in [0.2, 0.25) is 5.91 Å². The van der Waals surface area contributed by atoms with Gasteiger partial charge in [0.25, 0.3) is 0 Å². The molecule has 6 nitrogen and oxygen atoms in total. The van der Waals surface area contributed by atoms with Gasteiger partial charge in [-0.25, -0.2) is 9.37 Å². The van der Waals surface area contributed by atoms with Crippen molar-refractivity contribution in [3.05, 3.63) is 90.7 Å². The highest BCUT2D eigenvalue weighted by Gasteiger charge is 2.18. The summed E-state index contributed by atoms with van der Waals surface area (Å²) in [5.74, 6) is 0.335. The topological polar surface area (TPSA) is 72.7 Å². The lowest BCUT2D eigenvalue weighted by Crippen LogP contribution is -2.14. The molecule has 0 unspecified atom stereocenters. The van der Waals surface area contributed by atoms with Crippen LogP contribution in [0.3, 0.4) is 0 Å². The van der Waals surface area contributed by atoms with Gasteiger partial charge in [0.15, 0.2) is 11.0 Å². The summed E-state index contributed by atoms with van der Waals surface area (Å²) in [5.41, 5.74) is 4.24. The second kappa shape index (κ2) is 10.1. The lowest BCUT2D eigenvalue weighted by molar-refractivity contribution is -0.113.